The zero-order valence-electron chi connectivity index (χ0n) is 14.6. The summed E-state index contributed by atoms with van der Waals surface area (Å²) in [6, 6.07) is 20.2. The maximum absolute atomic E-state index is 15.8. The van der Waals surface area contributed by atoms with E-state index in [2.05, 4.69) is 0 Å². The Labute approximate surface area is 159 Å². The van der Waals surface area contributed by atoms with Gasteiger partial charge in [-0.15, -0.1) is 0 Å². The smallest absolute Gasteiger partial charge is 0.374 e. The molecule has 0 heterocycles. The van der Waals surface area contributed by atoms with E-state index in [1.54, 1.807) is 12.1 Å². The largest absolute Gasteiger partial charge is 0.424 e. The molecule has 146 valence electrons. The molecule has 0 saturated heterocycles. The van der Waals surface area contributed by atoms with Gasteiger partial charge in [0.25, 0.3) is 0 Å². The Hall–Kier alpha value is -2.43. The Kier molecular flexibility index (Phi) is 5.46. The molecule has 7 heteroatoms. The lowest BCUT2D eigenvalue weighted by atomic mass is 9.94. The van der Waals surface area contributed by atoms with Crippen LogP contribution in [-0.4, -0.2) is 17.2 Å². The van der Waals surface area contributed by atoms with Crippen molar-refractivity contribution in [3.05, 3.63) is 96.6 Å². The molecule has 0 fully saturated rings. The zero-order valence-corrected chi connectivity index (χ0v) is 15.4. The van der Waals surface area contributed by atoms with E-state index in [4.69, 9.17) is 0 Å². The SMILES string of the molecule is O=P(c1ccccc1)(c1ccccc1)C(F)[C@@](O)(c1ccccc1)C(F)(F)F. The van der Waals surface area contributed by atoms with Crippen LogP contribution in [0.15, 0.2) is 91.0 Å². The van der Waals surface area contributed by atoms with E-state index in [0.29, 0.717) is 0 Å². The van der Waals surface area contributed by atoms with Crippen LogP contribution in [-0.2, 0) is 10.2 Å². The summed E-state index contributed by atoms with van der Waals surface area (Å²) in [6.45, 7) is 0. The molecule has 28 heavy (non-hydrogen) atoms. The minimum Gasteiger partial charge on any atom is -0.374 e. The third kappa shape index (κ3) is 3.27. The molecule has 3 aromatic carbocycles. The first-order chi connectivity index (χ1) is 13.2. The lowest BCUT2D eigenvalue weighted by molar-refractivity contribution is -0.277. The predicted molar refractivity (Wildman–Crippen MR) is 101 cm³/mol. The molecule has 0 aromatic heterocycles. The van der Waals surface area contributed by atoms with E-state index in [0.717, 1.165) is 12.1 Å². The minimum absolute atomic E-state index is 0.104. The molecule has 0 spiro atoms. The quantitative estimate of drug-likeness (QED) is 0.489. The molecule has 1 unspecified atom stereocenters. The van der Waals surface area contributed by atoms with Crippen LogP contribution < -0.4 is 10.6 Å². The number of aliphatic hydroxyl groups is 1. The van der Waals surface area contributed by atoms with Crippen molar-refractivity contribution >= 4 is 17.8 Å². The van der Waals surface area contributed by atoms with E-state index in [-0.39, 0.29) is 10.6 Å². The maximum atomic E-state index is 15.8. The molecule has 1 N–H and O–H groups in total. The first kappa shape index (κ1) is 20.3. The second-order valence-electron chi connectivity index (χ2n) is 6.30. The van der Waals surface area contributed by atoms with Crippen LogP contribution in [0.25, 0.3) is 0 Å². The topological polar surface area (TPSA) is 37.3 Å². The summed E-state index contributed by atoms with van der Waals surface area (Å²) < 4.78 is 71.7. The van der Waals surface area contributed by atoms with Gasteiger partial charge in [0.05, 0.1) is 0 Å². The second-order valence-corrected chi connectivity index (χ2v) is 9.10. The zero-order chi connectivity index (χ0) is 20.4. The van der Waals surface area contributed by atoms with Crippen LogP contribution in [0.4, 0.5) is 17.6 Å². The van der Waals surface area contributed by atoms with Gasteiger partial charge in [0.1, 0.15) is 0 Å². The van der Waals surface area contributed by atoms with Gasteiger partial charge in [-0.3, -0.25) is 0 Å². The third-order valence-electron chi connectivity index (χ3n) is 4.59. The molecule has 2 nitrogen and oxygen atoms in total. The highest BCUT2D eigenvalue weighted by atomic mass is 31.2. The highest BCUT2D eigenvalue weighted by Gasteiger charge is 2.65. The monoisotopic (exact) mass is 408 g/mol. The Morgan fingerprint density at radius 1 is 0.714 bits per heavy atom. The fraction of sp³-hybridized carbons (Fsp3) is 0.143. The van der Waals surface area contributed by atoms with Crippen LogP contribution in [0.1, 0.15) is 5.56 Å². The molecule has 0 aliphatic heterocycles. The van der Waals surface area contributed by atoms with Crippen molar-refractivity contribution in [1.29, 1.82) is 0 Å². The van der Waals surface area contributed by atoms with Crippen LogP contribution in [0.3, 0.4) is 0 Å². The van der Waals surface area contributed by atoms with E-state index < -0.39 is 30.4 Å². The second kappa shape index (κ2) is 7.53. The Morgan fingerprint density at radius 3 is 1.43 bits per heavy atom. The summed E-state index contributed by atoms with van der Waals surface area (Å²) in [5.41, 5.74) is -4.66. The van der Waals surface area contributed by atoms with Crippen molar-refractivity contribution < 1.29 is 27.2 Å². The highest BCUT2D eigenvalue weighted by molar-refractivity contribution is 7.79. The predicted octanol–water partition coefficient (Wildman–Crippen LogP) is 4.75. The normalized spacial score (nSPS) is 15.6. The van der Waals surface area contributed by atoms with Crippen molar-refractivity contribution in [3.8, 4) is 0 Å². The van der Waals surface area contributed by atoms with Crippen LogP contribution in [0.2, 0.25) is 0 Å². The molecular weight excluding hydrogens is 391 g/mol. The van der Waals surface area contributed by atoms with E-state index >= 15 is 4.39 Å². The van der Waals surface area contributed by atoms with Gasteiger partial charge in [0.2, 0.25) is 11.5 Å². The van der Waals surface area contributed by atoms with Crippen LogP contribution in [0, 0.1) is 0 Å². The number of hydrogen-bond acceptors (Lipinski definition) is 2. The highest BCUT2D eigenvalue weighted by Crippen LogP contribution is 2.59. The number of benzene rings is 3. The molecule has 0 saturated carbocycles. The number of halogens is 4. The van der Waals surface area contributed by atoms with Gasteiger partial charge in [-0.1, -0.05) is 91.0 Å². The lowest BCUT2D eigenvalue weighted by Gasteiger charge is -2.37. The van der Waals surface area contributed by atoms with Gasteiger partial charge in [-0.2, -0.15) is 13.2 Å². The summed E-state index contributed by atoms with van der Waals surface area (Å²) in [4.78, 5) is 0. The first-order valence-electron chi connectivity index (χ1n) is 8.42. The standard InChI is InChI=1S/C21H17F4O2P/c22-19(20(26,21(23,24)25)16-10-4-1-5-11-16)28(27,17-12-6-2-7-13-17)18-14-8-3-9-15-18/h1-15,19,26H/t19?,20-/m0/s1. The minimum atomic E-state index is -5.40. The van der Waals surface area contributed by atoms with Crippen molar-refractivity contribution in [2.45, 2.75) is 17.7 Å². The average molecular weight is 408 g/mol. The van der Waals surface area contributed by atoms with Crippen molar-refractivity contribution in [2.24, 2.45) is 0 Å². The summed E-state index contributed by atoms with van der Waals surface area (Å²) in [5.74, 6) is -3.15. The molecule has 2 atom stereocenters. The summed E-state index contributed by atoms with van der Waals surface area (Å²) >= 11 is 0. The van der Waals surface area contributed by atoms with Crippen molar-refractivity contribution in [3.63, 3.8) is 0 Å². The Morgan fingerprint density at radius 2 is 1.07 bits per heavy atom. The van der Waals surface area contributed by atoms with Gasteiger partial charge in [0.15, 0.2) is 7.14 Å². The number of rotatable bonds is 5. The van der Waals surface area contributed by atoms with Gasteiger partial charge in [-0.25, -0.2) is 4.39 Å². The Bertz CT molecular complexity index is 918. The summed E-state index contributed by atoms with van der Waals surface area (Å²) in [5, 5.41) is 10.5. The maximum Gasteiger partial charge on any atom is 0.424 e. The molecule has 0 aliphatic rings. The molecule has 0 bridgehead atoms. The van der Waals surface area contributed by atoms with E-state index in [1.165, 1.54) is 66.7 Å². The molecule has 0 radical (unpaired) electrons. The van der Waals surface area contributed by atoms with Crippen molar-refractivity contribution in [1.82, 2.24) is 0 Å². The lowest BCUT2D eigenvalue weighted by Crippen LogP contribution is -2.51. The van der Waals surface area contributed by atoms with E-state index in [1.807, 2.05) is 0 Å². The van der Waals surface area contributed by atoms with Crippen LogP contribution in [0.5, 0.6) is 0 Å². The molecular formula is C21H17F4O2P. The van der Waals surface area contributed by atoms with Gasteiger partial charge >= 0.3 is 6.18 Å². The average Bonchev–Trinajstić information content (AvgIpc) is 2.73. The molecule has 3 aromatic rings. The third-order valence-corrected chi connectivity index (χ3v) is 7.73. The van der Waals surface area contributed by atoms with Gasteiger partial charge in [0, 0.05) is 10.6 Å². The first-order valence-corrected chi connectivity index (χ1v) is 10.2. The molecule has 3 rings (SSSR count). The Balaban J connectivity index is 2.29. The van der Waals surface area contributed by atoms with Crippen molar-refractivity contribution in [2.75, 3.05) is 0 Å². The van der Waals surface area contributed by atoms with E-state index in [9.17, 15) is 22.8 Å². The molecule has 0 amide bonds. The fourth-order valence-electron chi connectivity index (χ4n) is 3.10. The summed E-state index contributed by atoms with van der Waals surface area (Å²) in [6.07, 6.45) is -5.40. The van der Waals surface area contributed by atoms with Crippen LogP contribution >= 0.6 is 7.14 Å². The number of hydrogen-bond donors (Lipinski definition) is 1. The summed E-state index contributed by atoms with van der Waals surface area (Å²) in [7, 11) is -4.54. The fourth-order valence-corrected chi connectivity index (χ4v) is 5.97. The molecule has 0 aliphatic carbocycles. The van der Waals surface area contributed by atoms with Gasteiger partial charge in [-0.05, 0) is 5.56 Å². The van der Waals surface area contributed by atoms with Gasteiger partial charge < -0.3 is 9.67 Å². The number of alkyl halides is 4.